The molecule has 0 aliphatic heterocycles. The van der Waals surface area contributed by atoms with Crippen molar-refractivity contribution in [2.45, 2.75) is 13.0 Å². The third-order valence-corrected chi connectivity index (χ3v) is 4.68. The van der Waals surface area contributed by atoms with Crippen molar-refractivity contribution in [2.75, 3.05) is 19.0 Å². The highest BCUT2D eigenvalue weighted by molar-refractivity contribution is 6.30. The molecule has 0 fully saturated rings. The summed E-state index contributed by atoms with van der Waals surface area (Å²) in [5, 5.41) is 7.05. The second-order valence-electron chi connectivity index (χ2n) is 6.38. The maximum absolute atomic E-state index is 12.6. The number of rotatable bonds is 8. The SMILES string of the molecule is COc1ccc(CNc2ccccc2C(=O)NCCc2ccc(Cl)cc2)cc1. The van der Waals surface area contributed by atoms with Crippen molar-refractivity contribution in [2.24, 2.45) is 0 Å². The van der Waals surface area contributed by atoms with Crippen LogP contribution in [-0.4, -0.2) is 19.6 Å². The van der Waals surface area contributed by atoms with Gasteiger partial charge in [-0.3, -0.25) is 4.79 Å². The molecule has 4 nitrogen and oxygen atoms in total. The zero-order valence-electron chi connectivity index (χ0n) is 15.7. The van der Waals surface area contributed by atoms with E-state index < -0.39 is 0 Å². The van der Waals surface area contributed by atoms with Gasteiger partial charge in [0, 0.05) is 23.8 Å². The number of benzene rings is 3. The number of anilines is 1. The summed E-state index contributed by atoms with van der Waals surface area (Å²) in [6.45, 7) is 1.19. The molecule has 0 saturated heterocycles. The second kappa shape index (κ2) is 9.81. The summed E-state index contributed by atoms with van der Waals surface area (Å²) in [5.74, 6) is 0.732. The van der Waals surface area contributed by atoms with Crippen molar-refractivity contribution < 1.29 is 9.53 Å². The van der Waals surface area contributed by atoms with Crippen LogP contribution in [0.5, 0.6) is 5.75 Å². The topological polar surface area (TPSA) is 50.4 Å². The van der Waals surface area contributed by atoms with Gasteiger partial charge < -0.3 is 15.4 Å². The quantitative estimate of drug-likeness (QED) is 0.569. The molecule has 0 unspecified atom stereocenters. The Labute approximate surface area is 170 Å². The van der Waals surface area contributed by atoms with Gasteiger partial charge >= 0.3 is 0 Å². The normalized spacial score (nSPS) is 10.4. The highest BCUT2D eigenvalue weighted by atomic mass is 35.5. The van der Waals surface area contributed by atoms with E-state index in [1.165, 1.54) is 0 Å². The van der Waals surface area contributed by atoms with E-state index in [9.17, 15) is 4.79 Å². The number of para-hydroxylation sites is 1. The lowest BCUT2D eigenvalue weighted by atomic mass is 10.1. The van der Waals surface area contributed by atoms with Gasteiger partial charge in [-0.15, -0.1) is 0 Å². The van der Waals surface area contributed by atoms with E-state index in [0.717, 1.165) is 29.0 Å². The van der Waals surface area contributed by atoms with Crippen molar-refractivity contribution in [3.05, 3.63) is 94.5 Å². The van der Waals surface area contributed by atoms with E-state index in [-0.39, 0.29) is 5.91 Å². The van der Waals surface area contributed by atoms with Gasteiger partial charge in [-0.2, -0.15) is 0 Å². The minimum atomic E-state index is -0.0909. The smallest absolute Gasteiger partial charge is 0.253 e. The second-order valence-corrected chi connectivity index (χ2v) is 6.82. The molecule has 144 valence electrons. The summed E-state index contributed by atoms with van der Waals surface area (Å²) in [7, 11) is 1.65. The van der Waals surface area contributed by atoms with Gasteiger partial charge in [0.1, 0.15) is 5.75 Å². The van der Waals surface area contributed by atoms with Gasteiger partial charge in [-0.25, -0.2) is 0 Å². The summed E-state index contributed by atoms with van der Waals surface area (Å²) in [5.41, 5.74) is 3.68. The van der Waals surface area contributed by atoms with Crippen LogP contribution in [0, 0.1) is 0 Å². The zero-order chi connectivity index (χ0) is 19.8. The number of carbonyl (C=O) groups excluding carboxylic acids is 1. The van der Waals surface area contributed by atoms with E-state index >= 15 is 0 Å². The maximum Gasteiger partial charge on any atom is 0.253 e. The molecule has 0 aliphatic rings. The third kappa shape index (κ3) is 5.51. The number of ether oxygens (including phenoxy) is 1. The number of methoxy groups -OCH3 is 1. The molecule has 0 saturated carbocycles. The lowest BCUT2D eigenvalue weighted by Gasteiger charge is -2.13. The Morgan fingerprint density at radius 1 is 0.929 bits per heavy atom. The van der Waals surface area contributed by atoms with E-state index in [1.54, 1.807) is 7.11 Å². The van der Waals surface area contributed by atoms with Crippen LogP contribution in [0.2, 0.25) is 5.02 Å². The fourth-order valence-corrected chi connectivity index (χ4v) is 2.97. The van der Waals surface area contributed by atoms with E-state index in [0.29, 0.717) is 23.7 Å². The van der Waals surface area contributed by atoms with Gasteiger partial charge in [0.2, 0.25) is 0 Å². The van der Waals surface area contributed by atoms with E-state index in [1.807, 2.05) is 72.8 Å². The van der Waals surface area contributed by atoms with Gasteiger partial charge in [-0.05, 0) is 53.9 Å². The molecule has 0 aliphatic carbocycles. The Morgan fingerprint density at radius 3 is 2.32 bits per heavy atom. The van der Waals surface area contributed by atoms with Gasteiger partial charge in [0.15, 0.2) is 0 Å². The van der Waals surface area contributed by atoms with Crippen LogP contribution >= 0.6 is 11.6 Å². The van der Waals surface area contributed by atoms with Crippen LogP contribution in [0.25, 0.3) is 0 Å². The molecule has 0 atom stereocenters. The fourth-order valence-electron chi connectivity index (χ4n) is 2.84. The number of hydrogen-bond donors (Lipinski definition) is 2. The lowest BCUT2D eigenvalue weighted by Crippen LogP contribution is -2.26. The van der Waals surface area contributed by atoms with Crippen LogP contribution in [-0.2, 0) is 13.0 Å². The van der Waals surface area contributed by atoms with Gasteiger partial charge in [-0.1, -0.05) is 48.0 Å². The molecular weight excluding hydrogens is 372 g/mol. The van der Waals surface area contributed by atoms with E-state index in [2.05, 4.69) is 10.6 Å². The van der Waals surface area contributed by atoms with Crippen molar-refractivity contribution >= 4 is 23.2 Å². The third-order valence-electron chi connectivity index (χ3n) is 4.43. The molecule has 3 rings (SSSR count). The first-order valence-electron chi connectivity index (χ1n) is 9.14. The monoisotopic (exact) mass is 394 g/mol. The highest BCUT2D eigenvalue weighted by Crippen LogP contribution is 2.18. The lowest BCUT2D eigenvalue weighted by molar-refractivity contribution is 0.0955. The predicted octanol–water partition coefficient (Wildman–Crippen LogP) is 4.93. The summed E-state index contributed by atoms with van der Waals surface area (Å²) < 4.78 is 5.18. The van der Waals surface area contributed by atoms with Crippen LogP contribution in [0.1, 0.15) is 21.5 Å². The van der Waals surface area contributed by atoms with Crippen molar-refractivity contribution in [1.29, 1.82) is 0 Å². The largest absolute Gasteiger partial charge is 0.497 e. The van der Waals surface area contributed by atoms with Crippen LogP contribution in [0.15, 0.2) is 72.8 Å². The minimum absolute atomic E-state index is 0.0909. The Kier molecular flexibility index (Phi) is 6.93. The molecule has 0 heterocycles. The van der Waals surface area contributed by atoms with Crippen LogP contribution in [0.3, 0.4) is 0 Å². The number of amides is 1. The number of halogens is 1. The molecule has 1 amide bonds. The Morgan fingerprint density at radius 2 is 1.61 bits per heavy atom. The molecule has 5 heteroatoms. The number of carbonyl (C=O) groups is 1. The Hall–Kier alpha value is -2.98. The summed E-state index contributed by atoms with van der Waals surface area (Å²) >= 11 is 5.90. The van der Waals surface area contributed by atoms with Crippen molar-refractivity contribution in [3.63, 3.8) is 0 Å². The zero-order valence-corrected chi connectivity index (χ0v) is 16.5. The molecule has 2 N–H and O–H groups in total. The molecule has 3 aromatic rings. The molecule has 0 radical (unpaired) electrons. The first-order chi connectivity index (χ1) is 13.7. The van der Waals surface area contributed by atoms with E-state index in [4.69, 9.17) is 16.3 Å². The van der Waals surface area contributed by atoms with Crippen LogP contribution in [0.4, 0.5) is 5.69 Å². The fraction of sp³-hybridized carbons (Fsp3) is 0.174. The van der Waals surface area contributed by atoms with Crippen LogP contribution < -0.4 is 15.4 Å². The summed E-state index contributed by atoms with van der Waals surface area (Å²) in [6.07, 6.45) is 0.754. The summed E-state index contributed by atoms with van der Waals surface area (Å²) in [6, 6.07) is 23.0. The molecule has 0 aromatic heterocycles. The Bertz CT molecular complexity index is 909. The van der Waals surface area contributed by atoms with Crippen molar-refractivity contribution in [1.82, 2.24) is 5.32 Å². The first kappa shape index (κ1) is 19.8. The predicted molar refractivity (Wildman–Crippen MR) is 114 cm³/mol. The molecule has 0 bridgehead atoms. The minimum Gasteiger partial charge on any atom is -0.497 e. The standard InChI is InChI=1S/C23H23ClN2O2/c1-28-20-12-8-18(9-13-20)16-26-22-5-3-2-4-21(22)23(27)25-15-14-17-6-10-19(24)11-7-17/h2-13,26H,14-16H2,1H3,(H,25,27). The van der Waals surface area contributed by atoms with Crippen molar-refractivity contribution in [3.8, 4) is 5.75 Å². The van der Waals surface area contributed by atoms with Gasteiger partial charge in [0.05, 0.1) is 12.7 Å². The molecule has 0 spiro atoms. The molecular formula is C23H23ClN2O2. The average molecular weight is 395 g/mol. The molecule has 28 heavy (non-hydrogen) atoms. The highest BCUT2D eigenvalue weighted by Gasteiger charge is 2.10. The summed E-state index contributed by atoms with van der Waals surface area (Å²) in [4.78, 5) is 12.6. The van der Waals surface area contributed by atoms with Gasteiger partial charge in [0.25, 0.3) is 5.91 Å². The Balaban J connectivity index is 1.57. The molecule has 3 aromatic carbocycles. The number of nitrogens with one attached hydrogen (secondary N) is 2. The average Bonchev–Trinajstić information content (AvgIpc) is 2.74. The number of hydrogen-bond acceptors (Lipinski definition) is 3. The first-order valence-corrected chi connectivity index (χ1v) is 9.52. The maximum atomic E-state index is 12.6.